The molecule has 1 fully saturated rings. The van der Waals surface area contributed by atoms with Gasteiger partial charge in [-0.3, -0.25) is 0 Å². The molecule has 0 amide bonds. The van der Waals surface area contributed by atoms with Crippen molar-refractivity contribution < 1.29 is 0 Å². The molecule has 1 saturated carbocycles. The molecule has 0 aromatic heterocycles. The van der Waals surface area contributed by atoms with Crippen LogP contribution in [-0.2, 0) is 0 Å². The molecule has 0 bridgehead atoms. The second-order valence-electron chi connectivity index (χ2n) is 2.65. The van der Waals surface area contributed by atoms with Crippen LogP contribution in [0.1, 0.15) is 33.1 Å². The van der Waals surface area contributed by atoms with E-state index in [1.54, 1.807) is 5.57 Å². The van der Waals surface area contributed by atoms with Gasteiger partial charge in [-0.1, -0.05) is 13.3 Å². The van der Waals surface area contributed by atoms with Crippen LogP contribution >= 0.6 is 0 Å². The van der Waals surface area contributed by atoms with Crippen molar-refractivity contribution in [1.82, 2.24) is 0 Å². The summed E-state index contributed by atoms with van der Waals surface area (Å²) < 4.78 is 0. The van der Waals surface area contributed by atoms with Crippen molar-refractivity contribution in [2.45, 2.75) is 33.1 Å². The summed E-state index contributed by atoms with van der Waals surface area (Å²) in [5, 5.41) is 0. The Morgan fingerprint density at radius 2 is 2.56 bits per heavy atom. The van der Waals surface area contributed by atoms with Crippen LogP contribution in [0.2, 0.25) is 0 Å². The Bertz CT molecular complexity index is 147. The normalized spacial score (nSPS) is 23.3. The summed E-state index contributed by atoms with van der Waals surface area (Å²) in [6.07, 6.45) is 6.03. The maximum atomic E-state index is 3.25. The fourth-order valence-corrected chi connectivity index (χ4v) is 1.19. The molecule has 1 rings (SSSR count). The summed E-state index contributed by atoms with van der Waals surface area (Å²) in [6.45, 7) is 4.28. The van der Waals surface area contributed by atoms with Crippen molar-refractivity contribution >= 4 is 0 Å². The molecule has 1 aliphatic carbocycles. The fraction of sp³-hybridized carbons (Fsp3) is 0.667. The van der Waals surface area contributed by atoms with E-state index in [1.165, 1.54) is 19.3 Å². The Hall–Kier alpha value is -0.480. The van der Waals surface area contributed by atoms with Crippen molar-refractivity contribution in [3.8, 4) is 0 Å². The summed E-state index contributed by atoms with van der Waals surface area (Å²) in [7, 11) is 0. The van der Waals surface area contributed by atoms with Crippen LogP contribution in [0.5, 0.6) is 0 Å². The molecular weight excluding hydrogens is 108 g/mol. The highest BCUT2D eigenvalue weighted by molar-refractivity contribution is 5.21. The van der Waals surface area contributed by atoms with Gasteiger partial charge in [0, 0.05) is 0 Å². The topological polar surface area (TPSA) is 0 Å². The van der Waals surface area contributed by atoms with E-state index in [0.29, 0.717) is 0 Å². The number of rotatable bonds is 2. The van der Waals surface area contributed by atoms with E-state index in [4.69, 9.17) is 0 Å². The van der Waals surface area contributed by atoms with E-state index in [2.05, 4.69) is 12.7 Å². The summed E-state index contributed by atoms with van der Waals surface area (Å²) in [5.41, 5.74) is 4.79. The number of allylic oxidation sites excluding steroid dienone is 1. The van der Waals surface area contributed by atoms with Crippen LogP contribution < -0.4 is 0 Å². The second kappa shape index (κ2) is 2.89. The summed E-state index contributed by atoms with van der Waals surface area (Å²) in [5.74, 6) is 0.909. The predicted octanol–water partition coefficient (Wildman–Crippen LogP) is 2.91. The van der Waals surface area contributed by atoms with Crippen molar-refractivity contribution in [3.63, 3.8) is 0 Å². The van der Waals surface area contributed by atoms with Gasteiger partial charge < -0.3 is 0 Å². The predicted molar refractivity (Wildman–Crippen MR) is 40.3 cm³/mol. The smallest absolute Gasteiger partial charge is 0.00836 e. The molecule has 0 aliphatic heterocycles. The molecule has 1 unspecified atom stereocenters. The number of hydrogen-bond acceptors (Lipinski definition) is 0. The third-order valence-corrected chi connectivity index (χ3v) is 1.77. The van der Waals surface area contributed by atoms with Crippen molar-refractivity contribution in [1.29, 1.82) is 0 Å². The molecule has 0 heteroatoms. The molecule has 0 aromatic carbocycles. The zero-order chi connectivity index (χ0) is 6.69. The largest absolute Gasteiger partial charge is 0.126 e. The van der Waals surface area contributed by atoms with Crippen molar-refractivity contribution in [2.24, 2.45) is 5.92 Å². The monoisotopic (exact) mass is 122 g/mol. The molecule has 0 aromatic rings. The van der Waals surface area contributed by atoms with Gasteiger partial charge in [-0.05, 0) is 37.3 Å². The van der Waals surface area contributed by atoms with Gasteiger partial charge >= 0.3 is 0 Å². The van der Waals surface area contributed by atoms with Gasteiger partial charge in [0.2, 0.25) is 0 Å². The molecule has 0 heterocycles. The van der Waals surface area contributed by atoms with Gasteiger partial charge in [-0.25, -0.2) is 0 Å². The van der Waals surface area contributed by atoms with E-state index in [-0.39, 0.29) is 0 Å². The minimum Gasteiger partial charge on any atom is -0.126 e. The summed E-state index contributed by atoms with van der Waals surface area (Å²) in [4.78, 5) is 0. The van der Waals surface area contributed by atoms with Crippen LogP contribution in [0, 0.1) is 5.92 Å². The lowest BCUT2D eigenvalue weighted by Gasteiger charge is -1.83. The molecule has 0 spiro atoms. The van der Waals surface area contributed by atoms with Gasteiger partial charge in [0.1, 0.15) is 0 Å². The molecular formula is C9H14. The first kappa shape index (κ1) is 6.64. The van der Waals surface area contributed by atoms with Crippen molar-refractivity contribution in [3.05, 3.63) is 17.4 Å². The molecule has 1 aliphatic rings. The summed E-state index contributed by atoms with van der Waals surface area (Å²) >= 11 is 0. The Labute approximate surface area is 57.3 Å². The minimum atomic E-state index is 0.909. The van der Waals surface area contributed by atoms with Crippen LogP contribution in [0.4, 0.5) is 0 Å². The van der Waals surface area contributed by atoms with Gasteiger partial charge in [0.25, 0.3) is 0 Å². The third-order valence-electron chi connectivity index (χ3n) is 1.77. The van der Waals surface area contributed by atoms with Crippen molar-refractivity contribution in [2.75, 3.05) is 0 Å². The molecule has 9 heavy (non-hydrogen) atoms. The minimum absolute atomic E-state index is 0.909. The average Bonchev–Trinajstić information content (AvgIpc) is 2.50. The van der Waals surface area contributed by atoms with E-state index >= 15 is 0 Å². The van der Waals surface area contributed by atoms with Gasteiger partial charge in [0.05, 0.1) is 0 Å². The second-order valence-corrected chi connectivity index (χ2v) is 2.65. The first-order valence-corrected chi connectivity index (χ1v) is 3.78. The zero-order valence-electron chi connectivity index (χ0n) is 6.28. The third kappa shape index (κ3) is 1.73. The molecule has 50 valence electrons. The number of hydrogen-bond donors (Lipinski definition) is 0. The Balaban J connectivity index is 2.32. The lowest BCUT2D eigenvalue weighted by atomic mass is 10.2. The Morgan fingerprint density at radius 3 is 3.11 bits per heavy atom. The average molecular weight is 122 g/mol. The van der Waals surface area contributed by atoms with Crippen LogP contribution in [0.25, 0.3) is 0 Å². The molecule has 1 atom stereocenters. The van der Waals surface area contributed by atoms with Gasteiger partial charge in [-0.2, -0.15) is 0 Å². The standard InChI is InChI=1S/C9H14/c1-3-5-8-7-9(8)6-4-2/h3,9H,4,6-7H2,1-2H3. The highest BCUT2D eigenvalue weighted by atomic mass is 14.3. The Kier molecular flexibility index (Phi) is 2.13. The summed E-state index contributed by atoms with van der Waals surface area (Å²) in [6, 6.07) is 0. The molecule has 0 saturated heterocycles. The fourth-order valence-electron chi connectivity index (χ4n) is 1.19. The first-order chi connectivity index (χ1) is 4.38. The highest BCUT2D eigenvalue weighted by Gasteiger charge is 2.27. The van der Waals surface area contributed by atoms with Crippen LogP contribution in [0.15, 0.2) is 17.4 Å². The van der Waals surface area contributed by atoms with E-state index < -0.39 is 0 Å². The molecule has 0 nitrogen and oxygen atoms in total. The first-order valence-electron chi connectivity index (χ1n) is 3.78. The van der Waals surface area contributed by atoms with Gasteiger partial charge in [-0.15, -0.1) is 5.73 Å². The molecule has 0 radical (unpaired) electrons. The van der Waals surface area contributed by atoms with Crippen LogP contribution in [-0.4, -0.2) is 0 Å². The quantitative estimate of drug-likeness (QED) is 0.494. The van der Waals surface area contributed by atoms with E-state index in [9.17, 15) is 0 Å². The van der Waals surface area contributed by atoms with Crippen LogP contribution in [0.3, 0.4) is 0 Å². The van der Waals surface area contributed by atoms with E-state index in [0.717, 1.165) is 5.92 Å². The van der Waals surface area contributed by atoms with Gasteiger partial charge in [0.15, 0.2) is 0 Å². The SMILES string of the molecule is CC=C=C1CC1CCC. The zero-order valence-corrected chi connectivity index (χ0v) is 6.28. The van der Waals surface area contributed by atoms with E-state index in [1.807, 2.05) is 13.0 Å². The maximum absolute atomic E-state index is 3.25. The molecule has 0 N–H and O–H groups in total. The lowest BCUT2D eigenvalue weighted by Crippen LogP contribution is -1.69. The maximum Gasteiger partial charge on any atom is -0.00836 e. The lowest BCUT2D eigenvalue weighted by molar-refractivity contribution is 0.727. The highest BCUT2D eigenvalue weighted by Crippen LogP contribution is 2.40. The Morgan fingerprint density at radius 1 is 1.78 bits per heavy atom.